The van der Waals surface area contributed by atoms with Crippen LogP contribution < -0.4 is 5.32 Å². The van der Waals surface area contributed by atoms with Gasteiger partial charge in [0.15, 0.2) is 5.69 Å². The van der Waals surface area contributed by atoms with E-state index in [9.17, 15) is 36.2 Å². The van der Waals surface area contributed by atoms with Gasteiger partial charge in [-0.2, -0.15) is 31.4 Å². The van der Waals surface area contributed by atoms with Crippen LogP contribution in [-0.2, 0) is 12.4 Å². The van der Waals surface area contributed by atoms with Crippen LogP contribution in [0, 0.1) is 0 Å². The number of carbonyl (C=O) groups excluding carboxylic acids is 1. The molecule has 3 rings (SSSR count). The summed E-state index contributed by atoms with van der Waals surface area (Å²) in [6.45, 7) is 0. The molecule has 12 heteroatoms. The first kappa shape index (κ1) is 21.5. The summed E-state index contributed by atoms with van der Waals surface area (Å²) < 4.78 is 77.9. The quantitative estimate of drug-likeness (QED) is 0.517. The number of carbonyl (C=O) groups is 1. The van der Waals surface area contributed by atoms with Crippen molar-refractivity contribution in [2.45, 2.75) is 12.4 Å². The summed E-state index contributed by atoms with van der Waals surface area (Å²) in [5, 5.41) is 15.4. The summed E-state index contributed by atoms with van der Waals surface area (Å²) in [6.07, 6.45) is -10.1. The number of aromatic hydroxyl groups is 1. The zero-order chi connectivity index (χ0) is 22.3. The molecule has 0 unspecified atom stereocenters. The molecule has 5 nitrogen and oxygen atoms in total. The number of hydrogen-bond donors (Lipinski definition) is 2. The highest BCUT2D eigenvalue weighted by Gasteiger charge is 2.42. The average Bonchev–Trinajstić information content (AvgIpc) is 3.08. The van der Waals surface area contributed by atoms with Gasteiger partial charge < -0.3 is 10.4 Å². The Morgan fingerprint density at radius 3 is 2.13 bits per heavy atom. The molecule has 1 aromatic heterocycles. The second-order valence-corrected chi connectivity index (χ2v) is 6.42. The molecule has 2 aromatic carbocycles. The number of alkyl halides is 6. The third-order valence-electron chi connectivity index (χ3n) is 3.86. The number of nitrogens with one attached hydrogen (secondary N) is 1. The number of phenolic OH excluding ortho intramolecular Hbond substituents is 1. The van der Waals surface area contributed by atoms with Crippen molar-refractivity contribution in [3.8, 4) is 11.4 Å². The van der Waals surface area contributed by atoms with Gasteiger partial charge >= 0.3 is 12.4 Å². The van der Waals surface area contributed by atoms with Crippen molar-refractivity contribution in [1.82, 2.24) is 9.78 Å². The minimum Gasteiger partial charge on any atom is -0.507 e. The molecule has 0 atom stereocenters. The van der Waals surface area contributed by atoms with Gasteiger partial charge in [-0.25, -0.2) is 4.68 Å². The molecule has 0 saturated heterocycles. The largest absolute Gasteiger partial charge is 0.507 e. The van der Waals surface area contributed by atoms with Gasteiger partial charge in [0.2, 0.25) is 0 Å². The summed E-state index contributed by atoms with van der Waals surface area (Å²) in [5.74, 6) is -1.12. The SMILES string of the molecule is O=C(Nc1ccc(-n2nc(C(F)(F)F)cc2C(F)(F)F)cc1)c1ccc(Cl)cc1O. The Labute approximate surface area is 169 Å². The standard InChI is InChI=1S/C18H10ClF6N3O2/c19-9-1-6-12(13(29)7-9)16(30)26-10-2-4-11(5-3-10)28-15(18(23,24)25)8-14(27-28)17(20,21)22/h1-8,29H,(H,26,30). The van der Waals surface area contributed by atoms with Crippen LogP contribution in [0.4, 0.5) is 32.0 Å². The van der Waals surface area contributed by atoms with Crippen molar-refractivity contribution in [3.63, 3.8) is 0 Å². The molecular formula is C18H10ClF6N3O2. The Morgan fingerprint density at radius 1 is 0.967 bits per heavy atom. The fourth-order valence-electron chi connectivity index (χ4n) is 2.50. The normalized spacial score (nSPS) is 12.1. The number of amides is 1. The average molecular weight is 450 g/mol. The molecule has 1 heterocycles. The molecule has 0 aliphatic heterocycles. The van der Waals surface area contributed by atoms with E-state index in [1.165, 1.54) is 24.3 Å². The van der Waals surface area contributed by atoms with Crippen molar-refractivity contribution in [2.24, 2.45) is 0 Å². The molecule has 0 bridgehead atoms. The highest BCUT2D eigenvalue weighted by molar-refractivity contribution is 6.31. The van der Waals surface area contributed by atoms with Gasteiger partial charge in [0.1, 0.15) is 11.4 Å². The first-order chi connectivity index (χ1) is 13.9. The lowest BCUT2D eigenvalue weighted by molar-refractivity contribution is -0.143. The molecule has 30 heavy (non-hydrogen) atoms. The zero-order valence-electron chi connectivity index (χ0n) is 14.5. The summed E-state index contributed by atoms with van der Waals surface area (Å²) in [7, 11) is 0. The number of benzene rings is 2. The molecule has 0 spiro atoms. The van der Waals surface area contributed by atoms with Crippen LogP contribution in [0.1, 0.15) is 21.7 Å². The van der Waals surface area contributed by atoms with E-state index in [1.807, 2.05) is 0 Å². The van der Waals surface area contributed by atoms with Crippen LogP contribution in [0.15, 0.2) is 48.5 Å². The topological polar surface area (TPSA) is 67.2 Å². The second kappa shape index (κ2) is 7.56. The van der Waals surface area contributed by atoms with Crippen LogP contribution >= 0.6 is 11.6 Å². The summed E-state index contributed by atoms with van der Waals surface area (Å²) in [6, 6.07) is 8.16. The molecule has 0 radical (unpaired) electrons. The van der Waals surface area contributed by atoms with Gasteiger partial charge in [-0.15, -0.1) is 0 Å². The van der Waals surface area contributed by atoms with E-state index in [0.29, 0.717) is 0 Å². The Bertz CT molecular complexity index is 1090. The number of anilines is 1. The first-order valence-electron chi connectivity index (χ1n) is 8.01. The van der Waals surface area contributed by atoms with Crippen LogP contribution in [0.25, 0.3) is 5.69 Å². The number of phenols is 1. The fraction of sp³-hybridized carbons (Fsp3) is 0.111. The predicted molar refractivity (Wildman–Crippen MR) is 94.6 cm³/mol. The molecule has 0 aliphatic carbocycles. The van der Waals surface area contributed by atoms with Gasteiger partial charge in [0, 0.05) is 16.8 Å². The molecule has 3 aromatic rings. The Morgan fingerprint density at radius 2 is 1.60 bits per heavy atom. The third kappa shape index (κ3) is 4.51. The van der Waals surface area contributed by atoms with Crippen LogP contribution in [-0.4, -0.2) is 20.8 Å². The van der Waals surface area contributed by atoms with Crippen molar-refractivity contribution >= 4 is 23.2 Å². The van der Waals surface area contributed by atoms with E-state index in [4.69, 9.17) is 11.6 Å². The number of aromatic nitrogens is 2. The van der Waals surface area contributed by atoms with E-state index < -0.39 is 29.6 Å². The molecule has 2 N–H and O–H groups in total. The van der Waals surface area contributed by atoms with Gasteiger partial charge in [-0.1, -0.05) is 11.6 Å². The molecule has 0 fully saturated rings. The lowest BCUT2D eigenvalue weighted by Crippen LogP contribution is -2.14. The van der Waals surface area contributed by atoms with Crippen molar-refractivity contribution in [2.75, 3.05) is 5.32 Å². The molecule has 0 aliphatic rings. The number of hydrogen-bond acceptors (Lipinski definition) is 3. The van der Waals surface area contributed by atoms with Gasteiger partial charge in [-0.05, 0) is 42.5 Å². The van der Waals surface area contributed by atoms with E-state index >= 15 is 0 Å². The molecule has 1 amide bonds. The maximum atomic E-state index is 13.1. The van der Waals surface area contributed by atoms with Crippen LogP contribution in [0.5, 0.6) is 5.75 Å². The van der Waals surface area contributed by atoms with E-state index in [-0.39, 0.29) is 38.5 Å². The van der Waals surface area contributed by atoms with Crippen molar-refractivity contribution < 1.29 is 36.2 Å². The first-order valence-corrected chi connectivity index (χ1v) is 8.39. The summed E-state index contributed by atoms with van der Waals surface area (Å²) in [4.78, 5) is 12.2. The van der Waals surface area contributed by atoms with Gasteiger partial charge in [-0.3, -0.25) is 4.79 Å². The van der Waals surface area contributed by atoms with Gasteiger partial charge in [0.05, 0.1) is 11.3 Å². The smallest absolute Gasteiger partial charge is 0.435 e. The zero-order valence-corrected chi connectivity index (χ0v) is 15.3. The number of rotatable bonds is 3. The lowest BCUT2D eigenvalue weighted by atomic mass is 10.2. The Hall–Kier alpha value is -3.21. The molecule has 0 saturated carbocycles. The fourth-order valence-corrected chi connectivity index (χ4v) is 2.67. The van der Waals surface area contributed by atoms with E-state index in [0.717, 1.165) is 18.2 Å². The highest BCUT2D eigenvalue weighted by atomic mass is 35.5. The van der Waals surface area contributed by atoms with Crippen molar-refractivity contribution in [3.05, 3.63) is 70.5 Å². The lowest BCUT2D eigenvalue weighted by Gasteiger charge is -2.11. The van der Waals surface area contributed by atoms with Crippen LogP contribution in [0.2, 0.25) is 5.02 Å². The van der Waals surface area contributed by atoms with E-state index in [2.05, 4.69) is 10.4 Å². The molecular weight excluding hydrogens is 440 g/mol. The minimum absolute atomic E-state index is 0.0843. The second-order valence-electron chi connectivity index (χ2n) is 5.98. The predicted octanol–water partition coefficient (Wildman–Crippen LogP) is 5.52. The minimum atomic E-state index is -5.07. The van der Waals surface area contributed by atoms with Crippen molar-refractivity contribution in [1.29, 1.82) is 0 Å². The number of halogens is 7. The summed E-state index contributed by atoms with van der Waals surface area (Å²) >= 11 is 5.68. The van der Waals surface area contributed by atoms with Gasteiger partial charge in [0.25, 0.3) is 5.91 Å². The third-order valence-corrected chi connectivity index (χ3v) is 4.10. The number of nitrogens with zero attached hydrogens (tertiary/aromatic N) is 2. The monoisotopic (exact) mass is 449 g/mol. The van der Waals surface area contributed by atoms with E-state index in [1.54, 1.807) is 0 Å². The molecule has 158 valence electrons. The Kier molecular flexibility index (Phi) is 5.42. The summed E-state index contributed by atoms with van der Waals surface area (Å²) in [5.41, 5.74) is -3.58. The Balaban J connectivity index is 1.89. The van der Waals surface area contributed by atoms with Crippen LogP contribution in [0.3, 0.4) is 0 Å². The highest BCUT2D eigenvalue weighted by Crippen LogP contribution is 2.36. The maximum absolute atomic E-state index is 13.1. The maximum Gasteiger partial charge on any atom is 0.435 e.